The van der Waals surface area contributed by atoms with Gasteiger partial charge in [0.1, 0.15) is 12.7 Å². The summed E-state index contributed by atoms with van der Waals surface area (Å²) in [6.45, 7) is 4.02. The van der Waals surface area contributed by atoms with Gasteiger partial charge in [-0.1, -0.05) is 22.5 Å². The van der Waals surface area contributed by atoms with Gasteiger partial charge in [-0.2, -0.15) is 5.10 Å². The first-order valence-corrected chi connectivity index (χ1v) is 5.88. The molecular weight excluding hydrogens is 298 g/mol. The van der Waals surface area contributed by atoms with E-state index >= 15 is 0 Å². The Labute approximate surface area is 112 Å². The average molecular weight is 308 g/mol. The molecular formula is C11H10BrN5O. The van der Waals surface area contributed by atoms with Crippen LogP contribution in [0.25, 0.3) is 5.82 Å². The number of carbonyl (C=O) groups excluding carboxylic acids is 1. The normalized spacial score (nSPS) is 10.1. The lowest BCUT2D eigenvalue weighted by Crippen LogP contribution is -2.24. The Balaban J connectivity index is 2.08. The smallest absolute Gasteiger partial charge is 0.253 e. The summed E-state index contributed by atoms with van der Waals surface area (Å²) in [6.07, 6.45) is 4.45. The SMILES string of the molecule is C=C(Br)CNC(=O)c1ccc(-n2cncn2)nc1. The first kappa shape index (κ1) is 12.4. The summed E-state index contributed by atoms with van der Waals surface area (Å²) < 4.78 is 2.23. The van der Waals surface area contributed by atoms with Gasteiger partial charge >= 0.3 is 0 Å². The summed E-state index contributed by atoms with van der Waals surface area (Å²) in [5.41, 5.74) is 0.479. The number of hydrogen-bond acceptors (Lipinski definition) is 4. The van der Waals surface area contributed by atoms with Crippen molar-refractivity contribution in [2.24, 2.45) is 0 Å². The fraction of sp³-hybridized carbons (Fsp3) is 0.0909. The van der Waals surface area contributed by atoms with Gasteiger partial charge < -0.3 is 5.32 Å². The van der Waals surface area contributed by atoms with E-state index in [1.807, 2.05) is 0 Å². The van der Waals surface area contributed by atoms with E-state index in [0.717, 1.165) is 0 Å². The molecule has 6 nitrogen and oxygen atoms in total. The maximum atomic E-state index is 11.7. The van der Waals surface area contributed by atoms with Crippen molar-refractivity contribution >= 4 is 21.8 Å². The summed E-state index contributed by atoms with van der Waals surface area (Å²) in [4.78, 5) is 19.7. The van der Waals surface area contributed by atoms with Crippen molar-refractivity contribution in [2.75, 3.05) is 6.54 Å². The summed E-state index contributed by atoms with van der Waals surface area (Å²) in [7, 11) is 0. The first-order chi connectivity index (χ1) is 8.66. The molecule has 0 aliphatic carbocycles. The summed E-state index contributed by atoms with van der Waals surface area (Å²) in [6, 6.07) is 3.38. The number of nitrogens with one attached hydrogen (secondary N) is 1. The summed E-state index contributed by atoms with van der Waals surface area (Å²) in [5, 5.41) is 6.64. The summed E-state index contributed by atoms with van der Waals surface area (Å²) >= 11 is 3.17. The number of nitrogens with zero attached hydrogens (tertiary/aromatic N) is 4. The molecule has 2 aromatic rings. The maximum Gasteiger partial charge on any atom is 0.253 e. The molecule has 0 unspecified atom stereocenters. The Morgan fingerprint density at radius 3 is 2.89 bits per heavy atom. The lowest BCUT2D eigenvalue weighted by molar-refractivity contribution is 0.0957. The first-order valence-electron chi connectivity index (χ1n) is 5.09. The Kier molecular flexibility index (Phi) is 3.83. The minimum atomic E-state index is -0.201. The van der Waals surface area contributed by atoms with Gasteiger partial charge in [0, 0.05) is 17.2 Å². The largest absolute Gasteiger partial charge is 0.347 e. The molecule has 0 saturated heterocycles. The second kappa shape index (κ2) is 5.54. The number of carbonyl (C=O) groups is 1. The molecule has 0 radical (unpaired) electrons. The third-order valence-electron chi connectivity index (χ3n) is 2.10. The fourth-order valence-electron chi connectivity index (χ4n) is 1.26. The van der Waals surface area contributed by atoms with E-state index < -0.39 is 0 Å². The predicted molar refractivity (Wildman–Crippen MR) is 69.6 cm³/mol. The van der Waals surface area contributed by atoms with E-state index in [9.17, 15) is 4.79 Å². The van der Waals surface area contributed by atoms with Gasteiger partial charge in [-0.05, 0) is 12.1 Å². The fourth-order valence-corrected chi connectivity index (χ4v) is 1.40. The highest BCUT2D eigenvalue weighted by Crippen LogP contribution is 2.04. The molecule has 1 N–H and O–H groups in total. The Morgan fingerprint density at radius 1 is 1.50 bits per heavy atom. The number of halogens is 1. The number of aromatic nitrogens is 4. The Morgan fingerprint density at radius 2 is 2.33 bits per heavy atom. The minimum absolute atomic E-state index is 0.201. The molecule has 0 aromatic carbocycles. The molecule has 92 valence electrons. The van der Waals surface area contributed by atoms with Crippen molar-refractivity contribution in [3.8, 4) is 5.82 Å². The molecule has 0 bridgehead atoms. The van der Waals surface area contributed by atoms with Crippen molar-refractivity contribution in [1.29, 1.82) is 0 Å². The quantitative estimate of drug-likeness (QED) is 0.924. The van der Waals surface area contributed by atoms with Crippen LogP contribution in [0.15, 0.2) is 42.0 Å². The van der Waals surface area contributed by atoms with Gasteiger partial charge in [0.05, 0.1) is 5.56 Å². The van der Waals surface area contributed by atoms with Gasteiger partial charge in [0.25, 0.3) is 5.91 Å². The van der Waals surface area contributed by atoms with Crippen molar-refractivity contribution < 1.29 is 4.79 Å². The van der Waals surface area contributed by atoms with Crippen molar-refractivity contribution in [2.45, 2.75) is 0 Å². The molecule has 0 saturated carbocycles. The van der Waals surface area contributed by atoms with Crippen molar-refractivity contribution in [3.05, 3.63) is 47.6 Å². The highest BCUT2D eigenvalue weighted by atomic mass is 79.9. The van der Waals surface area contributed by atoms with Crippen LogP contribution in [0.5, 0.6) is 0 Å². The summed E-state index contributed by atoms with van der Waals surface area (Å²) in [5.74, 6) is 0.405. The van der Waals surface area contributed by atoms with E-state index in [0.29, 0.717) is 22.4 Å². The molecule has 18 heavy (non-hydrogen) atoms. The number of hydrogen-bond donors (Lipinski definition) is 1. The van der Waals surface area contributed by atoms with Crippen LogP contribution in [0, 0.1) is 0 Å². The van der Waals surface area contributed by atoms with Gasteiger partial charge in [-0.25, -0.2) is 14.6 Å². The predicted octanol–water partition coefficient (Wildman–Crippen LogP) is 1.30. The van der Waals surface area contributed by atoms with Crippen LogP contribution >= 0.6 is 15.9 Å². The lowest BCUT2D eigenvalue weighted by atomic mass is 10.2. The van der Waals surface area contributed by atoms with Gasteiger partial charge in [0.15, 0.2) is 5.82 Å². The van der Waals surface area contributed by atoms with E-state index in [4.69, 9.17) is 0 Å². The van der Waals surface area contributed by atoms with Crippen molar-refractivity contribution in [1.82, 2.24) is 25.1 Å². The van der Waals surface area contributed by atoms with E-state index in [-0.39, 0.29) is 5.91 Å². The molecule has 7 heteroatoms. The minimum Gasteiger partial charge on any atom is -0.347 e. The van der Waals surface area contributed by atoms with Crippen LogP contribution in [0.3, 0.4) is 0 Å². The molecule has 2 rings (SSSR count). The van der Waals surface area contributed by atoms with Crippen LogP contribution < -0.4 is 5.32 Å². The van der Waals surface area contributed by atoms with Crippen LogP contribution in [0.2, 0.25) is 0 Å². The number of rotatable bonds is 4. The number of amides is 1. The van der Waals surface area contributed by atoms with Gasteiger partial charge in [-0.3, -0.25) is 4.79 Å². The standard InChI is InChI=1S/C11H10BrN5O/c1-8(12)4-15-11(18)9-2-3-10(14-5-9)17-7-13-6-16-17/h2-3,5-7H,1,4H2,(H,15,18). The second-order valence-electron chi connectivity index (χ2n) is 3.45. The molecule has 1 amide bonds. The van der Waals surface area contributed by atoms with Crippen molar-refractivity contribution in [3.63, 3.8) is 0 Å². The van der Waals surface area contributed by atoms with Gasteiger partial charge in [0.2, 0.25) is 0 Å². The number of pyridine rings is 1. The van der Waals surface area contributed by atoms with Gasteiger partial charge in [-0.15, -0.1) is 0 Å². The maximum absolute atomic E-state index is 11.7. The lowest BCUT2D eigenvalue weighted by Gasteiger charge is -2.04. The highest BCUT2D eigenvalue weighted by Gasteiger charge is 2.06. The Hall–Kier alpha value is -2.02. The van der Waals surface area contributed by atoms with Crippen LogP contribution in [-0.2, 0) is 0 Å². The zero-order valence-corrected chi connectivity index (χ0v) is 11.0. The third kappa shape index (κ3) is 3.01. The van der Waals surface area contributed by atoms with Crippen LogP contribution in [0.1, 0.15) is 10.4 Å². The molecule has 0 aliphatic heterocycles. The van der Waals surface area contributed by atoms with E-state index in [1.54, 1.807) is 12.1 Å². The van der Waals surface area contributed by atoms with E-state index in [2.05, 4.69) is 42.9 Å². The van der Waals surface area contributed by atoms with Crippen LogP contribution in [-0.4, -0.2) is 32.2 Å². The zero-order chi connectivity index (χ0) is 13.0. The molecule has 0 spiro atoms. The molecule has 0 fully saturated rings. The zero-order valence-electron chi connectivity index (χ0n) is 9.38. The molecule has 0 atom stereocenters. The van der Waals surface area contributed by atoms with E-state index in [1.165, 1.54) is 23.5 Å². The highest BCUT2D eigenvalue weighted by molar-refractivity contribution is 9.11. The molecule has 2 aromatic heterocycles. The van der Waals surface area contributed by atoms with Crippen LogP contribution in [0.4, 0.5) is 0 Å². The second-order valence-corrected chi connectivity index (χ2v) is 4.57. The monoisotopic (exact) mass is 307 g/mol. The topological polar surface area (TPSA) is 72.7 Å². The average Bonchev–Trinajstić information content (AvgIpc) is 2.90. The molecule has 2 heterocycles. The Bertz CT molecular complexity index is 549. The third-order valence-corrected chi connectivity index (χ3v) is 2.38. The molecule has 0 aliphatic rings.